The monoisotopic (exact) mass is 487 g/mol. The predicted molar refractivity (Wildman–Crippen MR) is 133 cm³/mol. The zero-order valence-corrected chi connectivity index (χ0v) is 20.3. The van der Waals surface area contributed by atoms with Gasteiger partial charge in [-0.25, -0.2) is 9.59 Å². The number of anilines is 1. The Hall–Kier alpha value is -4.71. The molecule has 184 valence electrons. The van der Waals surface area contributed by atoms with E-state index in [1.165, 1.54) is 18.2 Å². The van der Waals surface area contributed by atoms with E-state index in [2.05, 4.69) is 6.07 Å². The lowest BCUT2D eigenvalue weighted by molar-refractivity contribution is -0.384. The molecule has 3 aromatic carbocycles. The molecule has 0 heterocycles. The largest absolute Gasteiger partial charge is 0.465 e. The Labute approximate surface area is 208 Å². The Balaban J connectivity index is 2.16. The molecule has 0 N–H and O–H groups in total. The van der Waals surface area contributed by atoms with Crippen molar-refractivity contribution in [3.63, 3.8) is 0 Å². The number of rotatable bonds is 6. The molecule has 3 rings (SSSR count). The minimum atomic E-state index is -0.917. The number of nitro benzene ring substituents is 1. The van der Waals surface area contributed by atoms with Crippen molar-refractivity contribution in [2.75, 3.05) is 12.0 Å². The van der Waals surface area contributed by atoms with Crippen LogP contribution in [0.3, 0.4) is 0 Å². The summed E-state index contributed by atoms with van der Waals surface area (Å²) in [6.45, 7) is 4.78. The van der Waals surface area contributed by atoms with Crippen LogP contribution in [0, 0.1) is 21.4 Å². The summed E-state index contributed by atoms with van der Waals surface area (Å²) in [5, 5.41) is 21.7. The Bertz CT molecular complexity index is 1340. The van der Waals surface area contributed by atoms with Gasteiger partial charge in [0, 0.05) is 6.07 Å². The van der Waals surface area contributed by atoms with Crippen LogP contribution in [0.15, 0.2) is 66.7 Å². The fourth-order valence-electron chi connectivity index (χ4n) is 3.62. The Morgan fingerprint density at radius 3 is 2.33 bits per heavy atom. The summed E-state index contributed by atoms with van der Waals surface area (Å²) in [6, 6.07) is 20.4. The van der Waals surface area contributed by atoms with Crippen LogP contribution < -0.4 is 4.90 Å². The summed E-state index contributed by atoms with van der Waals surface area (Å²) < 4.78 is 10.3. The summed E-state index contributed by atoms with van der Waals surface area (Å²) in [5.41, 5.74) is 0.602. The van der Waals surface area contributed by atoms with Crippen molar-refractivity contribution in [1.82, 2.24) is 0 Å². The van der Waals surface area contributed by atoms with Crippen molar-refractivity contribution in [3.05, 3.63) is 93.5 Å². The second-order valence-electron chi connectivity index (χ2n) is 8.85. The van der Waals surface area contributed by atoms with Crippen LogP contribution in [0.4, 0.5) is 16.2 Å². The average Bonchev–Trinajstić information content (AvgIpc) is 2.85. The number of para-hydroxylation sites is 1. The third-order valence-corrected chi connectivity index (χ3v) is 5.13. The first-order valence-electron chi connectivity index (χ1n) is 11.0. The Kier molecular flexibility index (Phi) is 7.70. The lowest BCUT2D eigenvalue weighted by atomic mass is 9.98. The van der Waals surface area contributed by atoms with Gasteiger partial charge in [0.15, 0.2) is 0 Å². The van der Waals surface area contributed by atoms with E-state index in [0.717, 1.165) is 17.6 Å². The Morgan fingerprint density at radius 1 is 1.06 bits per heavy atom. The minimum absolute atomic E-state index is 0.168. The van der Waals surface area contributed by atoms with E-state index < -0.39 is 28.3 Å². The van der Waals surface area contributed by atoms with Crippen molar-refractivity contribution in [1.29, 1.82) is 5.26 Å². The maximum Gasteiger partial charge on any atom is 0.415 e. The normalized spacial score (nSPS) is 10.8. The highest BCUT2D eigenvalue weighted by atomic mass is 16.6. The molecule has 0 aromatic heterocycles. The van der Waals surface area contributed by atoms with Crippen LogP contribution in [0.25, 0.3) is 11.1 Å². The van der Waals surface area contributed by atoms with Gasteiger partial charge in [0.05, 0.1) is 35.8 Å². The molecule has 0 spiro atoms. The summed E-state index contributed by atoms with van der Waals surface area (Å²) in [7, 11) is 1.14. The number of carbonyl (C=O) groups excluding carboxylic acids is 2. The topological polar surface area (TPSA) is 123 Å². The fourth-order valence-corrected chi connectivity index (χ4v) is 3.62. The summed E-state index contributed by atoms with van der Waals surface area (Å²) in [6.07, 6.45) is -0.896. The number of methoxy groups -OCH3 is 1. The molecule has 0 radical (unpaired) electrons. The van der Waals surface area contributed by atoms with Gasteiger partial charge in [0.1, 0.15) is 11.3 Å². The second kappa shape index (κ2) is 10.7. The molecule has 0 fully saturated rings. The van der Waals surface area contributed by atoms with E-state index in [4.69, 9.17) is 9.47 Å². The number of nitrogens with zero attached hydrogens (tertiary/aromatic N) is 3. The van der Waals surface area contributed by atoms with E-state index in [9.17, 15) is 25.0 Å². The first-order valence-corrected chi connectivity index (χ1v) is 11.0. The second-order valence-corrected chi connectivity index (χ2v) is 8.85. The van der Waals surface area contributed by atoms with Gasteiger partial charge in [-0.05, 0) is 49.6 Å². The number of hydrogen-bond donors (Lipinski definition) is 0. The van der Waals surface area contributed by atoms with E-state index in [1.807, 2.05) is 30.3 Å². The van der Waals surface area contributed by atoms with Gasteiger partial charge >= 0.3 is 12.1 Å². The number of nitriles is 1. The van der Waals surface area contributed by atoms with Gasteiger partial charge in [-0.2, -0.15) is 5.26 Å². The molecule has 0 bridgehead atoms. The van der Waals surface area contributed by atoms with E-state index in [0.29, 0.717) is 16.7 Å². The quantitative estimate of drug-likeness (QED) is 0.242. The molecule has 9 heteroatoms. The summed E-state index contributed by atoms with van der Waals surface area (Å²) >= 11 is 0. The van der Waals surface area contributed by atoms with Crippen LogP contribution in [0.1, 0.15) is 42.3 Å². The molecular weight excluding hydrogens is 462 g/mol. The smallest absolute Gasteiger partial charge is 0.415 e. The molecule has 3 aromatic rings. The maximum atomic E-state index is 13.3. The minimum Gasteiger partial charge on any atom is -0.465 e. The highest BCUT2D eigenvalue weighted by molar-refractivity contribution is 6.03. The van der Waals surface area contributed by atoms with Gasteiger partial charge in [0.25, 0.3) is 5.69 Å². The van der Waals surface area contributed by atoms with Crippen molar-refractivity contribution >= 4 is 23.4 Å². The molecule has 0 aliphatic rings. The van der Waals surface area contributed by atoms with E-state index >= 15 is 0 Å². The average molecular weight is 488 g/mol. The van der Waals surface area contributed by atoms with Crippen LogP contribution in [0.5, 0.6) is 0 Å². The maximum absolute atomic E-state index is 13.3. The van der Waals surface area contributed by atoms with Crippen LogP contribution in [0.2, 0.25) is 0 Å². The van der Waals surface area contributed by atoms with Crippen molar-refractivity contribution in [3.8, 4) is 17.2 Å². The van der Waals surface area contributed by atoms with E-state index in [1.54, 1.807) is 39.0 Å². The molecule has 36 heavy (non-hydrogen) atoms. The first-order chi connectivity index (χ1) is 17.1. The third-order valence-electron chi connectivity index (χ3n) is 5.13. The number of hydrogen-bond acceptors (Lipinski definition) is 7. The molecule has 0 atom stereocenters. The number of carbonyl (C=O) groups is 2. The SMILES string of the molecule is COC(=O)c1cccc([N+](=O)[O-])c1N(Cc1ccc(-c2ccccc2)c(C#N)c1)C(=O)OC(C)(C)C. The van der Waals surface area contributed by atoms with Crippen LogP contribution in [-0.4, -0.2) is 29.7 Å². The molecular formula is C27H25N3O6. The molecule has 0 aliphatic heterocycles. The molecule has 1 amide bonds. The number of benzene rings is 3. The van der Waals surface area contributed by atoms with Gasteiger partial charge in [0.2, 0.25) is 0 Å². The van der Waals surface area contributed by atoms with Crippen molar-refractivity contribution in [2.45, 2.75) is 32.9 Å². The molecule has 0 aliphatic carbocycles. The summed E-state index contributed by atoms with van der Waals surface area (Å²) in [5.74, 6) is -0.848. The zero-order chi connectivity index (χ0) is 26.5. The lowest BCUT2D eigenvalue weighted by Crippen LogP contribution is -2.37. The fraction of sp³-hybridized carbons (Fsp3) is 0.222. The number of esters is 1. The molecule has 9 nitrogen and oxygen atoms in total. The van der Waals surface area contributed by atoms with Crippen LogP contribution in [-0.2, 0) is 16.0 Å². The van der Waals surface area contributed by atoms with Gasteiger partial charge in [-0.15, -0.1) is 0 Å². The standard InChI is InChI=1S/C27H25N3O6/c1-27(2,3)36-26(32)29(24-22(25(31)35-4)11-8-12-23(24)30(33)34)17-18-13-14-21(20(15-18)16-28)19-9-6-5-7-10-19/h5-15H,17H2,1-4H3. The van der Waals surface area contributed by atoms with Crippen molar-refractivity contribution in [2.24, 2.45) is 0 Å². The first kappa shape index (κ1) is 25.9. The van der Waals surface area contributed by atoms with Gasteiger partial charge in [-0.3, -0.25) is 15.0 Å². The third kappa shape index (κ3) is 5.85. The summed E-state index contributed by atoms with van der Waals surface area (Å²) in [4.78, 5) is 38.0. The highest BCUT2D eigenvalue weighted by Gasteiger charge is 2.33. The Morgan fingerprint density at radius 2 is 1.75 bits per heavy atom. The van der Waals surface area contributed by atoms with Crippen molar-refractivity contribution < 1.29 is 24.0 Å². The highest BCUT2D eigenvalue weighted by Crippen LogP contribution is 2.35. The number of nitro groups is 1. The number of ether oxygens (including phenoxy) is 2. The lowest BCUT2D eigenvalue weighted by Gasteiger charge is -2.28. The van der Waals surface area contributed by atoms with E-state index in [-0.39, 0.29) is 17.8 Å². The zero-order valence-electron chi connectivity index (χ0n) is 20.3. The predicted octanol–water partition coefficient (Wildman–Crippen LogP) is 5.86. The molecule has 0 unspecified atom stereocenters. The molecule has 0 saturated carbocycles. The van der Waals surface area contributed by atoms with Gasteiger partial charge in [-0.1, -0.05) is 48.5 Å². The van der Waals surface area contributed by atoms with Gasteiger partial charge < -0.3 is 9.47 Å². The molecule has 0 saturated heterocycles. The van der Waals surface area contributed by atoms with Crippen LogP contribution >= 0.6 is 0 Å². The number of amides is 1.